The molecule has 15 heavy (non-hydrogen) atoms. The number of alkyl halides is 2. The SMILES string of the molecule is CC(CC(Cl)Cl)NCc1ccccc1.Cl. The highest BCUT2D eigenvalue weighted by Gasteiger charge is 2.06. The van der Waals surface area contributed by atoms with E-state index in [1.807, 2.05) is 18.2 Å². The predicted molar refractivity (Wildman–Crippen MR) is 70.1 cm³/mol. The third-order valence-corrected chi connectivity index (χ3v) is 2.39. The first-order valence-electron chi connectivity index (χ1n) is 4.74. The number of nitrogens with one attached hydrogen (secondary N) is 1. The first kappa shape index (κ1) is 15.0. The molecule has 0 aromatic heterocycles. The summed E-state index contributed by atoms with van der Waals surface area (Å²) in [6.07, 6.45) is 0.774. The molecule has 4 heteroatoms. The smallest absolute Gasteiger partial charge is 0.109 e. The van der Waals surface area contributed by atoms with Crippen LogP contribution in [-0.2, 0) is 6.54 Å². The molecular weight excluding hydrogens is 252 g/mol. The second kappa shape index (κ2) is 8.23. The fraction of sp³-hybridized carbons (Fsp3) is 0.455. The summed E-state index contributed by atoms with van der Waals surface area (Å²) in [4.78, 5) is -0.284. The van der Waals surface area contributed by atoms with E-state index >= 15 is 0 Å². The molecule has 1 N–H and O–H groups in total. The lowest BCUT2D eigenvalue weighted by molar-refractivity contribution is 0.528. The number of halogens is 3. The minimum Gasteiger partial charge on any atom is -0.310 e. The van der Waals surface area contributed by atoms with Gasteiger partial charge in [-0.1, -0.05) is 30.3 Å². The predicted octanol–water partition coefficient (Wildman–Crippen LogP) is 3.78. The molecule has 0 aliphatic carbocycles. The van der Waals surface area contributed by atoms with E-state index < -0.39 is 0 Å². The monoisotopic (exact) mass is 267 g/mol. The normalized spacial score (nSPS) is 12.3. The molecule has 0 aliphatic heterocycles. The van der Waals surface area contributed by atoms with Crippen LogP contribution in [0, 0.1) is 0 Å². The Labute approximate surface area is 108 Å². The molecule has 0 radical (unpaired) electrons. The van der Waals surface area contributed by atoms with Crippen LogP contribution >= 0.6 is 35.6 Å². The Balaban J connectivity index is 0.00000196. The third-order valence-electron chi connectivity index (χ3n) is 2.03. The van der Waals surface area contributed by atoms with Crippen LogP contribution in [-0.4, -0.2) is 10.9 Å². The first-order chi connectivity index (χ1) is 6.68. The first-order valence-corrected chi connectivity index (χ1v) is 5.61. The summed E-state index contributed by atoms with van der Waals surface area (Å²) in [7, 11) is 0. The minimum absolute atomic E-state index is 0. The van der Waals surface area contributed by atoms with E-state index in [1.165, 1.54) is 5.56 Å². The van der Waals surface area contributed by atoms with Crippen molar-refractivity contribution in [2.75, 3.05) is 0 Å². The molecular formula is C11H16Cl3N. The van der Waals surface area contributed by atoms with Crippen LogP contribution in [0.25, 0.3) is 0 Å². The van der Waals surface area contributed by atoms with Crippen LogP contribution in [0.1, 0.15) is 18.9 Å². The van der Waals surface area contributed by atoms with Gasteiger partial charge in [0.1, 0.15) is 4.84 Å². The van der Waals surface area contributed by atoms with E-state index in [0.29, 0.717) is 6.04 Å². The number of rotatable bonds is 5. The van der Waals surface area contributed by atoms with Crippen molar-refractivity contribution in [3.63, 3.8) is 0 Å². The third kappa shape index (κ3) is 7.02. The Hall–Kier alpha value is 0.0500. The number of hydrogen-bond acceptors (Lipinski definition) is 1. The summed E-state index contributed by atoms with van der Waals surface area (Å²) in [6, 6.07) is 10.6. The van der Waals surface area contributed by atoms with E-state index in [9.17, 15) is 0 Å². The van der Waals surface area contributed by atoms with E-state index in [0.717, 1.165) is 13.0 Å². The van der Waals surface area contributed by atoms with Crippen molar-refractivity contribution in [2.24, 2.45) is 0 Å². The Morgan fingerprint density at radius 2 is 1.80 bits per heavy atom. The quantitative estimate of drug-likeness (QED) is 0.802. The Kier molecular flexibility index (Phi) is 8.26. The Morgan fingerprint density at radius 3 is 2.33 bits per heavy atom. The highest BCUT2D eigenvalue weighted by atomic mass is 35.5. The highest BCUT2D eigenvalue weighted by Crippen LogP contribution is 2.10. The zero-order valence-electron chi connectivity index (χ0n) is 8.62. The van der Waals surface area contributed by atoms with Crippen LogP contribution in [0.4, 0.5) is 0 Å². The highest BCUT2D eigenvalue weighted by molar-refractivity contribution is 6.44. The lowest BCUT2D eigenvalue weighted by Crippen LogP contribution is -2.27. The van der Waals surface area contributed by atoms with Gasteiger partial charge in [0.05, 0.1) is 0 Å². The van der Waals surface area contributed by atoms with Gasteiger partial charge in [-0.3, -0.25) is 0 Å². The zero-order valence-corrected chi connectivity index (χ0v) is 10.9. The van der Waals surface area contributed by atoms with Gasteiger partial charge in [-0.2, -0.15) is 0 Å². The Bertz CT molecular complexity index is 251. The molecule has 0 bridgehead atoms. The van der Waals surface area contributed by atoms with Crippen molar-refractivity contribution < 1.29 is 0 Å². The maximum atomic E-state index is 5.68. The summed E-state index contributed by atoms with van der Waals surface area (Å²) >= 11 is 11.4. The second-order valence-electron chi connectivity index (χ2n) is 3.39. The molecule has 0 saturated heterocycles. The molecule has 1 aromatic rings. The van der Waals surface area contributed by atoms with Gasteiger partial charge in [0.25, 0.3) is 0 Å². The van der Waals surface area contributed by atoms with Crippen molar-refractivity contribution in [1.29, 1.82) is 0 Å². The van der Waals surface area contributed by atoms with Crippen LogP contribution in [0.5, 0.6) is 0 Å². The molecule has 1 atom stereocenters. The molecule has 0 aliphatic rings. The van der Waals surface area contributed by atoms with Gasteiger partial charge < -0.3 is 5.32 Å². The van der Waals surface area contributed by atoms with Gasteiger partial charge in [-0.15, -0.1) is 35.6 Å². The van der Waals surface area contributed by atoms with Gasteiger partial charge in [-0.25, -0.2) is 0 Å². The lowest BCUT2D eigenvalue weighted by Gasteiger charge is -2.13. The molecule has 0 amide bonds. The van der Waals surface area contributed by atoms with Crippen molar-refractivity contribution in [3.8, 4) is 0 Å². The Morgan fingerprint density at radius 1 is 1.20 bits per heavy atom. The van der Waals surface area contributed by atoms with Crippen LogP contribution in [0.2, 0.25) is 0 Å². The van der Waals surface area contributed by atoms with Crippen molar-refractivity contribution in [1.82, 2.24) is 5.32 Å². The molecule has 86 valence electrons. The van der Waals surface area contributed by atoms with Gasteiger partial charge in [0.2, 0.25) is 0 Å². The maximum absolute atomic E-state index is 5.68. The molecule has 0 saturated carbocycles. The van der Waals surface area contributed by atoms with E-state index in [1.54, 1.807) is 0 Å². The topological polar surface area (TPSA) is 12.0 Å². The van der Waals surface area contributed by atoms with E-state index in [2.05, 4.69) is 24.4 Å². The van der Waals surface area contributed by atoms with Crippen molar-refractivity contribution in [3.05, 3.63) is 35.9 Å². The molecule has 1 aromatic carbocycles. The van der Waals surface area contributed by atoms with E-state index in [-0.39, 0.29) is 17.2 Å². The zero-order chi connectivity index (χ0) is 10.4. The van der Waals surface area contributed by atoms with Gasteiger partial charge in [0.15, 0.2) is 0 Å². The lowest BCUT2D eigenvalue weighted by atomic mass is 10.2. The van der Waals surface area contributed by atoms with Crippen LogP contribution < -0.4 is 5.32 Å². The van der Waals surface area contributed by atoms with E-state index in [4.69, 9.17) is 23.2 Å². The van der Waals surface area contributed by atoms with Crippen molar-refractivity contribution >= 4 is 35.6 Å². The van der Waals surface area contributed by atoms with Gasteiger partial charge in [-0.05, 0) is 18.9 Å². The largest absolute Gasteiger partial charge is 0.310 e. The fourth-order valence-electron chi connectivity index (χ4n) is 1.24. The standard InChI is InChI=1S/C11H15Cl2N.ClH/c1-9(7-11(12)13)14-8-10-5-3-2-4-6-10;/h2-6,9,11,14H,7-8H2,1H3;1H. The van der Waals surface area contributed by atoms with Gasteiger partial charge >= 0.3 is 0 Å². The number of hydrogen-bond donors (Lipinski definition) is 1. The average molecular weight is 269 g/mol. The summed E-state index contributed by atoms with van der Waals surface area (Å²) in [5, 5.41) is 3.36. The molecule has 1 rings (SSSR count). The van der Waals surface area contributed by atoms with Crippen LogP contribution in [0.3, 0.4) is 0 Å². The summed E-state index contributed by atoms with van der Waals surface area (Å²) < 4.78 is 0. The summed E-state index contributed by atoms with van der Waals surface area (Å²) in [5.74, 6) is 0. The molecule has 0 spiro atoms. The minimum atomic E-state index is -0.284. The fourth-order valence-corrected chi connectivity index (χ4v) is 1.77. The molecule has 1 unspecified atom stereocenters. The van der Waals surface area contributed by atoms with Crippen molar-refractivity contribution in [2.45, 2.75) is 30.8 Å². The molecule has 0 heterocycles. The van der Waals surface area contributed by atoms with Crippen LogP contribution in [0.15, 0.2) is 30.3 Å². The molecule has 1 nitrogen and oxygen atoms in total. The summed E-state index contributed by atoms with van der Waals surface area (Å²) in [6.45, 7) is 2.95. The van der Waals surface area contributed by atoms with Gasteiger partial charge in [0, 0.05) is 12.6 Å². The summed E-state index contributed by atoms with van der Waals surface area (Å²) in [5.41, 5.74) is 1.28. The second-order valence-corrected chi connectivity index (χ2v) is 4.67. The molecule has 0 fully saturated rings. The maximum Gasteiger partial charge on any atom is 0.109 e. The number of benzene rings is 1. The average Bonchev–Trinajstić information content (AvgIpc) is 2.15.